The number of carbonyl (C=O) groups is 1. The van der Waals surface area contributed by atoms with E-state index in [9.17, 15) is 9.59 Å². The van der Waals surface area contributed by atoms with E-state index in [2.05, 4.69) is 41.9 Å². The molecule has 3 aromatic rings. The van der Waals surface area contributed by atoms with Crippen molar-refractivity contribution in [2.24, 2.45) is 7.05 Å². The molecule has 0 unspecified atom stereocenters. The van der Waals surface area contributed by atoms with Gasteiger partial charge < -0.3 is 14.4 Å². The Hall–Kier alpha value is -3.15. The Balaban J connectivity index is 1.59. The first-order chi connectivity index (χ1) is 14.3. The first-order valence-corrected chi connectivity index (χ1v) is 10.4. The highest BCUT2D eigenvalue weighted by Gasteiger charge is 2.27. The van der Waals surface area contributed by atoms with Gasteiger partial charge in [0.15, 0.2) is 5.69 Å². The molecule has 0 bridgehead atoms. The van der Waals surface area contributed by atoms with Crippen LogP contribution >= 0.6 is 0 Å². The van der Waals surface area contributed by atoms with E-state index in [-0.39, 0.29) is 17.2 Å². The van der Waals surface area contributed by atoms with Crippen molar-refractivity contribution >= 4 is 22.6 Å². The molecule has 0 saturated carbocycles. The molecule has 1 amide bonds. The number of piperazine rings is 1. The summed E-state index contributed by atoms with van der Waals surface area (Å²) in [6.45, 7) is 10.9. The number of anilines is 1. The molecule has 1 aliphatic rings. The number of carbonyl (C=O) groups excluding carboxylic acids is 1. The monoisotopic (exact) mass is 404 g/mol. The highest BCUT2D eigenvalue weighted by Crippen LogP contribution is 2.24. The van der Waals surface area contributed by atoms with Crippen LogP contribution in [0.3, 0.4) is 0 Å². The molecule has 6 heteroatoms. The SMILES string of the molecule is Cc1cc2nc(C(=O)N3CCN(c4cccc(C)c4C)CC3)c(=O)n(C)c2cc1C. The first kappa shape index (κ1) is 20.1. The molecule has 1 aliphatic heterocycles. The fraction of sp³-hybridized carbons (Fsp3) is 0.375. The molecular formula is C24H28N4O2. The highest BCUT2D eigenvalue weighted by molar-refractivity contribution is 5.94. The van der Waals surface area contributed by atoms with E-state index >= 15 is 0 Å². The number of hydrogen-bond acceptors (Lipinski definition) is 4. The van der Waals surface area contributed by atoms with Crippen molar-refractivity contribution in [3.8, 4) is 0 Å². The smallest absolute Gasteiger partial charge is 0.282 e. The fourth-order valence-corrected chi connectivity index (χ4v) is 4.10. The van der Waals surface area contributed by atoms with E-state index in [1.807, 2.05) is 26.0 Å². The maximum absolute atomic E-state index is 13.2. The van der Waals surface area contributed by atoms with Crippen LogP contribution in [0.5, 0.6) is 0 Å². The van der Waals surface area contributed by atoms with Gasteiger partial charge in [-0.15, -0.1) is 0 Å². The summed E-state index contributed by atoms with van der Waals surface area (Å²) in [5, 5.41) is 0. The third-order valence-electron chi connectivity index (χ3n) is 6.38. The van der Waals surface area contributed by atoms with Crippen molar-refractivity contribution in [1.29, 1.82) is 0 Å². The summed E-state index contributed by atoms with van der Waals surface area (Å²) in [5.41, 5.74) is 7.04. The second kappa shape index (κ2) is 7.59. The summed E-state index contributed by atoms with van der Waals surface area (Å²) < 4.78 is 1.54. The first-order valence-electron chi connectivity index (χ1n) is 10.4. The van der Waals surface area contributed by atoms with E-state index in [4.69, 9.17) is 0 Å². The van der Waals surface area contributed by atoms with Crippen LogP contribution < -0.4 is 10.5 Å². The third-order valence-corrected chi connectivity index (χ3v) is 6.38. The van der Waals surface area contributed by atoms with Gasteiger partial charge in [-0.3, -0.25) is 9.59 Å². The molecule has 2 heterocycles. The average molecular weight is 405 g/mol. The van der Waals surface area contributed by atoms with Gasteiger partial charge in [-0.25, -0.2) is 4.98 Å². The summed E-state index contributed by atoms with van der Waals surface area (Å²) in [7, 11) is 1.70. The van der Waals surface area contributed by atoms with E-state index in [0.29, 0.717) is 18.6 Å². The minimum absolute atomic E-state index is 0.00781. The summed E-state index contributed by atoms with van der Waals surface area (Å²) >= 11 is 0. The van der Waals surface area contributed by atoms with Crippen LogP contribution in [-0.2, 0) is 7.05 Å². The molecule has 156 valence electrons. The molecule has 30 heavy (non-hydrogen) atoms. The lowest BCUT2D eigenvalue weighted by Gasteiger charge is -2.36. The molecule has 6 nitrogen and oxygen atoms in total. The average Bonchev–Trinajstić information content (AvgIpc) is 2.74. The van der Waals surface area contributed by atoms with Gasteiger partial charge in [0.05, 0.1) is 11.0 Å². The van der Waals surface area contributed by atoms with Crippen molar-refractivity contribution in [2.45, 2.75) is 27.7 Å². The number of fused-ring (bicyclic) bond motifs is 1. The zero-order valence-corrected chi connectivity index (χ0v) is 18.3. The standard InChI is InChI=1S/C24H28N4O2/c1-15-7-6-8-20(18(15)4)27-9-11-28(12-10-27)24(30)22-23(29)26(5)21-14-17(3)16(2)13-19(21)25-22/h6-8,13-14H,9-12H2,1-5H3. The molecule has 2 aromatic carbocycles. The Kier molecular flexibility index (Phi) is 5.10. The Morgan fingerprint density at radius 3 is 2.30 bits per heavy atom. The maximum Gasteiger partial charge on any atom is 0.282 e. The van der Waals surface area contributed by atoms with Crippen LogP contribution in [0.25, 0.3) is 11.0 Å². The molecule has 4 rings (SSSR count). The van der Waals surface area contributed by atoms with Crippen LogP contribution in [0.15, 0.2) is 35.1 Å². The van der Waals surface area contributed by atoms with Crippen molar-refractivity contribution in [3.05, 3.63) is 68.6 Å². The maximum atomic E-state index is 13.2. The van der Waals surface area contributed by atoms with Crippen LogP contribution in [0, 0.1) is 27.7 Å². The predicted molar refractivity (Wildman–Crippen MR) is 120 cm³/mol. The minimum atomic E-state index is -0.340. The highest BCUT2D eigenvalue weighted by atomic mass is 16.2. The molecule has 0 radical (unpaired) electrons. The van der Waals surface area contributed by atoms with E-state index in [1.54, 1.807) is 11.9 Å². The molecule has 0 atom stereocenters. The largest absolute Gasteiger partial charge is 0.368 e. The van der Waals surface area contributed by atoms with E-state index < -0.39 is 0 Å². The van der Waals surface area contributed by atoms with Gasteiger partial charge in [-0.1, -0.05) is 12.1 Å². The second-order valence-electron chi connectivity index (χ2n) is 8.25. The Labute approximate surface area is 176 Å². The molecular weight excluding hydrogens is 376 g/mol. The van der Waals surface area contributed by atoms with Gasteiger partial charge in [0.1, 0.15) is 0 Å². The van der Waals surface area contributed by atoms with Gasteiger partial charge in [-0.2, -0.15) is 0 Å². The van der Waals surface area contributed by atoms with Gasteiger partial charge in [0.2, 0.25) is 0 Å². The summed E-state index contributed by atoms with van der Waals surface area (Å²) in [6, 6.07) is 10.2. The molecule has 1 fully saturated rings. The summed E-state index contributed by atoms with van der Waals surface area (Å²) in [4.78, 5) is 34.6. The zero-order chi connectivity index (χ0) is 21.6. The molecule has 0 N–H and O–H groups in total. The quantitative estimate of drug-likeness (QED) is 0.659. The number of nitrogens with zero attached hydrogens (tertiary/aromatic N) is 4. The van der Waals surface area contributed by atoms with Crippen molar-refractivity contribution < 1.29 is 4.79 Å². The minimum Gasteiger partial charge on any atom is -0.368 e. The fourth-order valence-electron chi connectivity index (χ4n) is 4.10. The molecule has 0 spiro atoms. The number of rotatable bonds is 2. The van der Waals surface area contributed by atoms with Crippen molar-refractivity contribution in [3.63, 3.8) is 0 Å². The summed E-state index contributed by atoms with van der Waals surface area (Å²) in [6.07, 6.45) is 0. The number of benzene rings is 2. The summed E-state index contributed by atoms with van der Waals surface area (Å²) in [5.74, 6) is -0.281. The Bertz CT molecular complexity index is 1200. The van der Waals surface area contributed by atoms with Crippen LogP contribution in [-0.4, -0.2) is 46.5 Å². The number of aryl methyl sites for hydroxylation is 4. The lowest BCUT2D eigenvalue weighted by molar-refractivity contribution is 0.0738. The van der Waals surface area contributed by atoms with Gasteiger partial charge in [0, 0.05) is 38.9 Å². The van der Waals surface area contributed by atoms with Gasteiger partial charge in [0.25, 0.3) is 11.5 Å². The van der Waals surface area contributed by atoms with Crippen LogP contribution in [0.2, 0.25) is 0 Å². The number of hydrogen-bond donors (Lipinski definition) is 0. The molecule has 1 aromatic heterocycles. The third kappa shape index (κ3) is 3.36. The Morgan fingerprint density at radius 1 is 0.933 bits per heavy atom. The van der Waals surface area contributed by atoms with E-state index in [1.165, 1.54) is 21.4 Å². The normalized spacial score (nSPS) is 14.4. The Morgan fingerprint density at radius 2 is 1.60 bits per heavy atom. The second-order valence-corrected chi connectivity index (χ2v) is 8.25. The number of aromatic nitrogens is 2. The van der Waals surface area contributed by atoms with Crippen molar-refractivity contribution in [2.75, 3.05) is 31.1 Å². The lowest BCUT2D eigenvalue weighted by Crippen LogP contribution is -2.50. The number of amides is 1. The molecule has 0 aliphatic carbocycles. The van der Waals surface area contributed by atoms with Gasteiger partial charge >= 0.3 is 0 Å². The predicted octanol–water partition coefficient (Wildman–Crippen LogP) is 3.13. The van der Waals surface area contributed by atoms with E-state index in [0.717, 1.165) is 29.7 Å². The zero-order valence-electron chi connectivity index (χ0n) is 18.3. The van der Waals surface area contributed by atoms with Crippen molar-refractivity contribution in [1.82, 2.24) is 14.5 Å². The van der Waals surface area contributed by atoms with Gasteiger partial charge in [-0.05, 0) is 68.1 Å². The lowest BCUT2D eigenvalue weighted by atomic mass is 10.1. The van der Waals surface area contributed by atoms with Crippen LogP contribution in [0.4, 0.5) is 5.69 Å². The topological polar surface area (TPSA) is 58.4 Å². The molecule has 1 saturated heterocycles. The van der Waals surface area contributed by atoms with Crippen LogP contribution in [0.1, 0.15) is 32.7 Å².